The highest BCUT2D eigenvalue weighted by atomic mass is 35.5. The van der Waals surface area contributed by atoms with E-state index in [1.807, 2.05) is 12.1 Å². The summed E-state index contributed by atoms with van der Waals surface area (Å²) in [6.07, 6.45) is -2.58. The normalized spacial score (nSPS) is 11.2. The average Bonchev–Trinajstić information content (AvgIpc) is 2.27. The van der Waals surface area contributed by atoms with Crippen molar-refractivity contribution >= 4 is 22.5 Å². The molecule has 0 amide bonds. The van der Waals surface area contributed by atoms with Crippen molar-refractivity contribution in [3.8, 4) is 0 Å². The highest BCUT2D eigenvalue weighted by Crippen LogP contribution is 2.25. The summed E-state index contributed by atoms with van der Waals surface area (Å²) in [5.41, 5.74) is 0.746. The molecule has 15 heavy (non-hydrogen) atoms. The zero-order valence-corrected chi connectivity index (χ0v) is 8.51. The van der Waals surface area contributed by atoms with Gasteiger partial charge >= 0.3 is 0 Å². The van der Waals surface area contributed by atoms with E-state index >= 15 is 0 Å². The molecule has 1 nitrogen and oxygen atoms in total. The number of para-hydroxylation sites is 1. The molecule has 0 atom stereocenters. The lowest BCUT2D eigenvalue weighted by Gasteiger charge is -2.07. The Balaban J connectivity index is 2.69. The van der Waals surface area contributed by atoms with Gasteiger partial charge in [0.1, 0.15) is 5.69 Å². The average molecular weight is 228 g/mol. The quantitative estimate of drug-likeness (QED) is 0.709. The summed E-state index contributed by atoms with van der Waals surface area (Å²) in [5.74, 6) is 0.0531. The minimum absolute atomic E-state index is 0.0531. The van der Waals surface area contributed by atoms with Crippen LogP contribution in [0.1, 0.15) is 17.7 Å². The van der Waals surface area contributed by atoms with Crippen molar-refractivity contribution in [2.75, 3.05) is 0 Å². The van der Waals surface area contributed by atoms with E-state index in [4.69, 9.17) is 11.6 Å². The highest BCUT2D eigenvalue weighted by Gasteiger charge is 2.15. The minimum atomic E-state index is -2.58. The lowest BCUT2D eigenvalue weighted by Crippen LogP contribution is -1.97. The van der Waals surface area contributed by atoms with Gasteiger partial charge in [-0.15, -0.1) is 11.6 Å². The molecule has 0 bridgehead atoms. The predicted octanol–water partition coefficient (Wildman–Crippen LogP) is 3.91. The van der Waals surface area contributed by atoms with Gasteiger partial charge in [0.25, 0.3) is 6.43 Å². The number of benzene rings is 1. The number of aromatic nitrogens is 1. The van der Waals surface area contributed by atoms with E-state index in [0.29, 0.717) is 11.1 Å². The van der Waals surface area contributed by atoms with E-state index in [2.05, 4.69) is 4.98 Å². The third-order valence-corrected chi connectivity index (χ3v) is 2.47. The smallest absolute Gasteiger partial charge is 0.246 e. The zero-order chi connectivity index (χ0) is 10.8. The largest absolute Gasteiger partial charge is 0.280 e. The molecule has 0 spiro atoms. The van der Waals surface area contributed by atoms with Gasteiger partial charge in [0.15, 0.2) is 0 Å². The first kappa shape index (κ1) is 10.3. The summed E-state index contributed by atoms with van der Waals surface area (Å²) in [5, 5.41) is 0.831. The van der Waals surface area contributed by atoms with Crippen molar-refractivity contribution < 1.29 is 8.78 Å². The maximum Gasteiger partial charge on any atom is 0.280 e. The van der Waals surface area contributed by atoms with Crippen LogP contribution in [0.5, 0.6) is 0 Å². The van der Waals surface area contributed by atoms with Crippen molar-refractivity contribution in [3.63, 3.8) is 0 Å². The van der Waals surface area contributed by atoms with Crippen LogP contribution < -0.4 is 0 Å². The molecule has 0 saturated carbocycles. The molecule has 0 aliphatic carbocycles. The Morgan fingerprint density at radius 3 is 2.67 bits per heavy atom. The van der Waals surface area contributed by atoms with E-state index in [1.165, 1.54) is 0 Å². The van der Waals surface area contributed by atoms with Crippen LogP contribution in [-0.2, 0) is 5.88 Å². The van der Waals surface area contributed by atoms with Gasteiger partial charge in [0.2, 0.25) is 0 Å². The van der Waals surface area contributed by atoms with E-state index in [9.17, 15) is 8.78 Å². The van der Waals surface area contributed by atoms with Crippen molar-refractivity contribution in [1.82, 2.24) is 4.98 Å². The molecule has 2 rings (SSSR count). The zero-order valence-electron chi connectivity index (χ0n) is 7.75. The van der Waals surface area contributed by atoms with Crippen LogP contribution in [0.2, 0.25) is 0 Å². The maximum absolute atomic E-state index is 12.6. The van der Waals surface area contributed by atoms with E-state index < -0.39 is 6.43 Å². The number of pyridine rings is 1. The lowest BCUT2D eigenvalue weighted by atomic mass is 10.1. The van der Waals surface area contributed by atoms with E-state index in [-0.39, 0.29) is 11.6 Å². The van der Waals surface area contributed by atoms with Crippen molar-refractivity contribution in [3.05, 3.63) is 41.6 Å². The third-order valence-electron chi connectivity index (χ3n) is 2.19. The molecule has 0 saturated heterocycles. The van der Waals surface area contributed by atoms with Crippen LogP contribution in [0.25, 0.3) is 10.9 Å². The molecule has 78 valence electrons. The van der Waals surface area contributed by atoms with Gasteiger partial charge in [0.05, 0.1) is 5.52 Å². The summed E-state index contributed by atoms with van der Waals surface area (Å²) in [6.45, 7) is 0. The standard InChI is InChI=1S/C11H8ClF2N/c12-6-8-5-7-3-1-2-4-9(7)15-10(8)11(13)14/h1-5,11H,6H2. The molecule has 1 aromatic heterocycles. The monoisotopic (exact) mass is 227 g/mol. The molecular formula is C11H8ClF2N. The Hall–Kier alpha value is -1.22. The second-order valence-corrected chi connectivity index (χ2v) is 3.43. The molecule has 0 aliphatic rings. The third kappa shape index (κ3) is 1.92. The van der Waals surface area contributed by atoms with Gasteiger partial charge in [-0.1, -0.05) is 18.2 Å². The number of halogens is 3. The Labute approximate surface area is 90.7 Å². The number of hydrogen-bond acceptors (Lipinski definition) is 1. The fraction of sp³-hybridized carbons (Fsp3) is 0.182. The Bertz CT molecular complexity index is 485. The first-order chi connectivity index (χ1) is 7.22. The van der Waals surface area contributed by atoms with Gasteiger partial charge < -0.3 is 0 Å². The van der Waals surface area contributed by atoms with E-state index in [0.717, 1.165) is 5.39 Å². The van der Waals surface area contributed by atoms with Crippen molar-refractivity contribution in [2.24, 2.45) is 0 Å². The molecule has 4 heteroatoms. The highest BCUT2D eigenvalue weighted by molar-refractivity contribution is 6.17. The molecule has 2 aromatic rings. The molecule has 1 heterocycles. The van der Waals surface area contributed by atoms with Crippen LogP contribution in [0.15, 0.2) is 30.3 Å². The van der Waals surface area contributed by atoms with Crippen LogP contribution in [0.4, 0.5) is 8.78 Å². The second-order valence-electron chi connectivity index (χ2n) is 3.16. The predicted molar refractivity (Wildman–Crippen MR) is 56.3 cm³/mol. The molecule has 0 fully saturated rings. The van der Waals surface area contributed by atoms with Crippen molar-refractivity contribution in [2.45, 2.75) is 12.3 Å². The summed E-state index contributed by atoms with van der Waals surface area (Å²) >= 11 is 5.60. The second kappa shape index (κ2) is 4.11. The topological polar surface area (TPSA) is 12.9 Å². The molecule has 1 aromatic carbocycles. The summed E-state index contributed by atoms with van der Waals surface area (Å²) in [7, 11) is 0. The van der Waals surface area contributed by atoms with Crippen LogP contribution in [-0.4, -0.2) is 4.98 Å². The van der Waals surface area contributed by atoms with Gasteiger partial charge in [-0.25, -0.2) is 13.8 Å². The maximum atomic E-state index is 12.6. The number of rotatable bonds is 2. The summed E-state index contributed by atoms with van der Waals surface area (Å²) in [6, 6.07) is 8.80. The minimum Gasteiger partial charge on any atom is -0.246 e. The van der Waals surface area contributed by atoms with Gasteiger partial charge in [0, 0.05) is 11.3 Å². The molecule has 0 radical (unpaired) electrons. The summed E-state index contributed by atoms with van der Waals surface area (Å²) in [4.78, 5) is 3.91. The fourth-order valence-electron chi connectivity index (χ4n) is 1.47. The Morgan fingerprint density at radius 2 is 2.00 bits per heavy atom. The molecular weight excluding hydrogens is 220 g/mol. The molecule has 0 aliphatic heterocycles. The van der Waals surface area contributed by atoms with Gasteiger partial charge in [-0.3, -0.25) is 0 Å². The number of hydrogen-bond donors (Lipinski definition) is 0. The van der Waals surface area contributed by atoms with Crippen molar-refractivity contribution in [1.29, 1.82) is 0 Å². The molecule has 0 unspecified atom stereocenters. The number of nitrogens with zero attached hydrogens (tertiary/aromatic N) is 1. The van der Waals surface area contributed by atoms with Crippen LogP contribution in [0.3, 0.4) is 0 Å². The first-order valence-electron chi connectivity index (χ1n) is 4.45. The van der Waals surface area contributed by atoms with Crippen LogP contribution >= 0.6 is 11.6 Å². The Morgan fingerprint density at radius 1 is 1.27 bits per heavy atom. The number of fused-ring (bicyclic) bond motifs is 1. The fourth-order valence-corrected chi connectivity index (χ4v) is 1.68. The first-order valence-corrected chi connectivity index (χ1v) is 4.98. The van der Waals surface area contributed by atoms with Crippen LogP contribution in [0, 0.1) is 0 Å². The summed E-state index contributed by atoms with van der Waals surface area (Å²) < 4.78 is 25.2. The molecule has 0 N–H and O–H groups in total. The van der Waals surface area contributed by atoms with Gasteiger partial charge in [-0.2, -0.15) is 0 Å². The Kier molecular flexibility index (Phi) is 2.82. The SMILES string of the molecule is FC(F)c1nc2ccccc2cc1CCl. The number of alkyl halides is 3. The van der Waals surface area contributed by atoms with Gasteiger partial charge in [-0.05, 0) is 17.7 Å². The van der Waals surface area contributed by atoms with E-state index in [1.54, 1.807) is 18.2 Å². The lowest BCUT2D eigenvalue weighted by molar-refractivity contribution is 0.145.